The summed E-state index contributed by atoms with van der Waals surface area (Å²) in [5.74, 6) is 0.597. The van der Waals surface area contributed by atoms with Crippen molar-refractivity contribution in [1.82, 2.24) is 15.5 Å². The lowest BCUT2D eigenvalue weighted by molar-refractivity contribution is 0.410. The number of rotatable bonds is 5. The van der Waals surface area contributed by atoms with Gasteiger partial charge in [-0.3, -0.25) is 0 Å². The van der Waals surface area contributed by atoms with Crippen molar-refractivity contribution in [2.24, 2.45) is 0 Å². The van der Waals surface area contributed by atoms with Gasteiger partial charge >= 0.3 is 0 Å². The molecule has 1 N–H and O–H groups in total. The van der Waals surface area contributed by atoms with E-state index < -0.39 is 5.82 Å². The van der Waals surface area contributed by atoms with Gasteiger partial charge in [0.1, 0.15) is 11.6 Å². The van der Waals surface area contributed by atoms with Crippen molar-refractivity contribution in [2.45, 2.75) is 19.9 Å². The minimum absolute atomic E-state index is 0.0624. The molecular weight excluding hydrogens is 249 g/mol. The molecule has 0 aliphatic heterocycles. The highest BCUT2D eigenvalue weighted by Gasteiger charge is 2.16. The fourth-order valence-corrected chi connectivity index (χ4v) is 1.71. The number of halogens is 1. The van der Waals surface area contributed by atoms with Gasteiger partial charge in [0.25, 0.3) is 5.89 Å². The molecule has 0 amide bonds. The average Bonchev–Trinajstić information content (AvgIpc) is 2.88. The number of ether oxygens (including phenoxy) is 1. The van der Waals surface area contributed by atoms with Gasteiger partial charge < -0.3 is 14.5 Å². The molecule has 2 rings (SSSR count). The van der Waals surface area contributed by atoms with Crippen LogP contribution in [0.5, 0.6) is 5.75 Å². The smallest absolute Gasteiger partial charge is 0.250 e. The fourth-order valence-electron chi connectivity index (χ4n) is 1.71. The Kier molecular flexibility index (Phi) is 4.11. The van der Waals surface area contributed by atoms with Crippen molar-refractivity contribution in [1.29, 1.82) is 0 Å². The summed E-state index contributed by atoms with van der Waals surface area (Å²) >= 11 is 0. The predicted molar refractivity (Wildman–Crippen MR) is 68.3 cm³/mol. The van der Waals surface area contributed by atoms with Crippen LogP contribution in [-0.2, 0) is 0 Å². The molecule has 1 unspecified atom stereocenters. The van der Waals surface area contributed by atoms with E-state index in [1.54, 1.807) is 12.1 Å². The summed E-state index contributed by atoms with van der Waals surface area (Å²) in [6.07, 6.45) is 0. The van der Waals surface area contributed by atoms with Crippen LogP contribution in [0.4, 0.5) is 4.39 Å². The number of nitrogens with zero attached hydrogens (tertiary/aromatic N) is 2. The molecule has 0 saturated heterocycles. The van der Waals surface area contributed by atoms with Crippen molar-refractivity contribution in [3.05, 3.63) is 29.9 Å². The van der Waals surface area contributed by atoms with Crippen molar-refractivity contribution < 1.29 is 13.5 Å². The molecule has 0 bridgehead atoms. The first-order chi connectivity index (χ1) is 9.15. The molecule has 19 heavy (non-hydrogen) atoms. The van der Waals surface area contributed by atoms with E-state index in [0.29, 0.717) is 11.6 Å². The maximum Gasteiger partial charge on any atom is 0.250 e. The Bertz CT molecular complexity index is 557. The van der Waals surface area contributed by atoms with Crippen LogP contribution in [0.25, 0.3) is 11.5 Å². The van der Waals surface area contributed by atoms with Gasteiger partial charge in [0.2, 0.25) is 5.89 Å². The lowest BCUT2D eigenvalue weighted by atomic mass is 10.2. The lowest BCUT2D eigenvalue weighted by Gasteiger charge is -2.06. The van der Waals surface area contributed by atoms with Crippen molar-refractivity contribution in [3.8, 4) is 17.2 Å². The highest BCUT2D eigenvalue weighted by Crippen LogP contribution is 2.26. The molecule has 1 aromatic carbocycles. The Morgan fingerprint density at radius 2 is 2.21 bits per heavy atom. The van der Waals surface area contributed by atoms with Gasteiger partial charge in [0.15, 0.2) is 0 Å². The molecule has 1 heterocycles. The Morgan fingerprint density at radius 1 is 1.42 bits per heavy atom. The second kappa shape index (κ2) is 5.79. The molecule has 1 atom stereocenters. The van der Waals surface area contributed by atoms with Gasteiger partial charge in [-0.1, -0.05) is 6.92 Å². The zero-order valence-corrected chi connectivity index (χ0v) is 11.1. The number of hydrogen-bond donors (Lipinski definition) is 1. The number of nitrogens with one attached hydrogen (secondary N) is 1. The first kappa shape index (κ1) is 13.5. The number of benzene rings is 1. The van der Waals surface area contributed by atoms with E-state index in [9.17, 15) is 4.39 Å². The number of methoxy groups -OCH3 is 1. The van der Waals surface area contributed by atoms with Crippen LogP contribution in [0.1, 0.15) is 25.8 Å². The number of aromatic nitrogens is 2. The Hall–Kier alpha value is -1.95. The normalized spacial score (nSPS) is 12.4. The summed E-state index contributed by atoms with van der Waals surface area (Å²) < 4.78 is 24.3. The third-order valence-electron chi connectivity index (χ3n) is 2.73. The summed E-state index contributed by atoms with van der Waals surface area (Å²) in [6.45, 7) is 4.68. The molecule has 6 heteroatoms. The first-order valence-corrected chi connectivity index (χ1v) is 6.06. The SMILES string of the molecule is CCNC(C)c1nnc(-c2ccc(OC)cc2F)o1. The summed E-state index contributed by atoms with van der Waals surface area (Å²) in [4.78, 5) is 0. The number of hydrogen-bond acceptors (Lipinski definition) is 5. The molecule has 0 spiro atoms. The zero-order valence-electron chi connectivity index (χ0n) is 11.1. The molecule has 1 aromatic heterocycles. The van der Waals surface area contributed by atoms with Crippen molar-refractivity contribution >= 4 is 0 Å². The molecule has 2 aromatic rings. The van der Waals surface area contributed by atoms with Gasteiger partial charge in [-0.05, 0) is 25.6 Å². The monoisotopic (exact) mass is 265 g/mol. The topological polar surface area (TPSA) is 60.2 Å². The molecule has 0 saturated carbocycles. The Morgan fingerprint density at radius 3 is 2.84 bits per heavy atom. The third-order valence-corrected chi connectivity index (χ3v) is 2.73. The maximum atomic E-state index is 13.9. The molecular formula is C13H16FN3O2. The summed E-state index contributed by atoms with van der Waals surface area (Å²) in [5.41, 5.74) is 0.267. The molecule has 0 aliphatic rings. The minimum atomic E-state index is -0.453. The van der Waals surface area contributed by atoms with Crippen molar-refractivity contribution in [2.75, 3.05) is 13.7 Å². The minimum Gasteiger partial charge on any atom is -0.497 e. The first-order valence-electron chi connectivity index (χ1n) is 6.06. The average molecular weight is 265 g/mol. The van der Waals surface area contributed by atoms with E-state index >= 15 is 0 Å². The van der Waals surface area contributed by atoms with E-state index in [0.717, 1.165) is 6.54 Å². The molecule has 5 nitrogen and oxygen atoms in total. The van der Waals surface area contributed by atoms with Crippen molar-refractivity contribution in [3.63, 3.8) is 0 Å². The summed E-state index contributed by atoms with van der Waals surface area (Å²) in [7, 11) is 1.48. The fraction of sp³-hybridized carbons (Fsp3) is 0.385. The van der Waals surface area contributed by atoms with E-state index in [1.807, 2.05) is 13.8 Å². The van der Waals surface area contributed by atoms with Crippen LogP contribution in [0.15, 0.2) is 22.6 Å². The van der Waals surface area contributed by atoms with E-state index in [-0.39, 0.29) is 17.5 Å². The largest absolute Gasteiger partial charge is 0.497 e. The van der Waals surface area contributed by atoms with Crippen LogP contribution < -0.4 is 10.1 Å². The summed E-state index contributed by atoms with van der Waals surface area (Å²) in [6, 6.07) is 4.43. The standard InChI is InChI=1S/C13H16FN3O2/c1-4-15-8(2)12-16-17-13(19-12)10-6-5-9(18-3)7-11(10)14/h5-8,15H,4H2,1-3H3. The van der Waals surface area contributed by atoms with E-state index in [4.69, 9.17) is 9.15 Å². The van der Waals surface area contributed by atoms with E-state index in [2.05, 4.69) is 15.5 Å². The summed E-state index contributed by atoms with van der Waals surface area (Å²) in [5, 5.41) is 10.9. The second-order valence-electron chi connectivity index (χ2n) is 4.07. The predicted octanol–water partition coefficient (Wildman–Crippen LogP) is 2.55. The van der Waals surface area contributed by atoms with Crippen LogP contribution >= 0.6 is 0 Å². The second-order valence-corrected chi connectivity index (χ2v) is 4.07. The maximum absolute atomic E-state index is 13.9. The van der Waals surface area contributed by atoms with E-state index in [1.165, 1.54) is 13.2 Å². The van der Waals surface area contributed by atoms with Crippen LogP contribution in [0, 0.1) is 5.82 Å². The van der Waals surface area contributed by atoms with Gasteiger partial charge in [-0.15, -0.1) is 10.2 Å². The highest BCUT2D eigenvalue weighted by molar-refractivity contribution is 5.55. The van der Waals surface area contributed by atoms with Crippen LogP contribution in [-0.4, -0.2) is 23.9 Å². The lowest BCUT2D eigenvalue weighted by Crippen LogP contribution is -2.17. The molecule has 102 valence electrons. The molecule has 0 fully saturated rings. The quantitative estimate of drug-likeness (QED) is 0.900. The highest BCUT2D eigenvalue weighted by atomic mass is 19.1. The van der Waals surface area contributed by atoms with Crippen LogP contribution in [0.2, 0.25) is 0 Å². The van der Waals surface area contributed by atoms with Gasteiger partial charge in [-0.2, -0.15) is 0 Å². The zero-order chi connectivity index (χ0) is 13.8. The van der Waals surface area contributed by atoms with Gasteiger partial charge in [0.05, 0.1) is 18.7 Å². The van der Waals surface area contributed by atoms with Crippen LogP contribution in [0.3, 0.4) is 0 Å². The molecule has 0 radical (unpaired) electrons. The third kappa shape index (κ3) is 2.90. The molecule has 0 aliphatic carbocycles. The Balaban J connectivity index is 2.27. The van der Waals surface area contributed by atoms with Gasteiger partial charge in [0, 0.05) is 6.07 Å². The van der Waals surface area contributed by atoms with Gasteiger partial charge in [-0.25, -0.2) is 4.39 Å². The Labute approximate surface area is 110 Å².